The predicted molar refractivity (Wildman–Crippen MR) is 279 cm³/mol. The number of hydrogen-bond acceptors (Lipinski definition) is 9. The van der Waals surface area contributed by atoms with Gasteiger partial charge < -0.3 is 39.4 Å². The van der Waals surface area contributed by atoms with Gasteiger partial charge in [0.15, 0.2) is 6.29 Å². The molecular formula is C58H102O9. The van der Waals surface area contributed by atoms with Gasteiger partial charge in [-0.15, -0.1) is 0 Å². The first-order valence-electron chi connectivity index (χ1n) is 27.5. The predicted octanol–water partition coefficient (Wildman–Crippen LogP) is 14.0. The molecule has 1 aliphatic heterocycles. The molecule has 0 aromatic rings. The molecule has 0 radical (unpaired) electrons. The van der Waals surface area contributed by atoms with Crippen LogP contribution in [0.25, 0.3) is 0 Å². The Morgan fingerprint density at radius 2 is 0.910 bits per heavy atom. The molecule has 9 heteroatoms. The fourth-order valence-corrected chi connectivity index (χ4v) is 8.10. The van der Waals surface area contributed by atoms with E-state index < -0.39 is 43.4 Å². The van der Waals surface area contributed by atoms with Crippen molar-refractivity contribution in [3.8, 4) is 0 Å². The third-order valence-electron chi connectivity index (χ3n) is 12.4. The van der Waals surface area contributed by atoms with Crippen LogP contribution >= 0.6 is 0 Å². The van der Waals surface area contributed by atoms with Gasteiger partial charge in [0.2, 0.25) is 0 Å². The second kappa shape index (κ2) is 48.6. The Morgan fingerprint density at radius 3 is 1.39 bits per heavy atom. The lowest BCUT2D eigenvalue weighted by atomic mass is 9.99. The highest BCUT2D eigenvalue weighted by atomic mass is 16.7. The molecule has 6 unspecified atom stereocenters. The number of carbonyl (C=O) groups excluding carboxylic acids is 1. The summed E-state index contributed by atoms with van der Waals surface area (Å²) in [5.74, 6) is -0.320. The maximum absolute atomic E-state index is 12.9. The number of ether oxygens (including phenoxy) is 4. The largest absolute Gasteiger partial charge is 0.457 e. The zero-order valence-electron chi connectivity index (χ0n) is 42.9. The molecule has 1 fully saturated rings. The van der Waals surface area contributed by atoms with Crippen molar-refractivity contribution in [3.63, 3.8) is 0 Å². The lowest BCUT2D eigenvalue weighted by molar-refractivity contribution is -0.305. The molecule has 0 aromatic heterocycles. The molecule has 1 heterocycles. The molecule has 0 bridgehead atoms. The van der Waals surface area contributed by atoms with E-state index in [9.17, 15) is 25.2 Å². The molecular weight excluding hydrogens is 841 g/mol. The number of aliphatic hydroxyl groups excluding tert-OH is 4. The molecule has 1 aliphatic rings. The highest BCUT2D eigenvalue weighted by molar-refractivity contribution is 5.69. The van der Waals surface area contributed by atoms with E-state index in [1.165, 1.54) is 141 Å². The molecule has 4 N–H and O–H groups in total. The highest BCUT2D eigenvalue weighted by Gasteiger charge is 2.44. The van der Waals surface area contributed by atoms with Gasteiger partial charge in [-0.2, -0.15) is 0 Å². The van der Waals surface area contributed by atoms with Crippen molar-refractivity contribution in [2.75, 3.05) is 26.4 Å². The number of esters is 1. The van der Waals surface area contributed by atoms with Crippen LogP contribution < -0.4 is 0 Å². The fourth-order valence-electron chi connectivity index (χ4n) is 8.10. The van der Waals surface area contributed by atoms with Gasteiger partial charge in [-0.3, -0.25) is 4.79 Å². The standard InChI is InChI=1S/C58H102O9/c1-3-5-7-9-11-13-15-17-19-21-23-24-25-26-27-28-29-30-32-34-36-38-40-42-44-46-48-64-50-52(51-65-58-57(63)56(62)55(61)53(49-59)67-58)66-54(60)47-45-43-41-39-37-35-33-31-22-20-18-16-14-12-10-8-6-4-2/h5,7,11,13,17,19-20,22-24,26-27,52-53,55-59,61-63H,3-4,6,8-10,12,14-16,18,21,25,28-51H2,1-2H3/b7-5-,13-11-,19-17-,22-20-,24-23-,27-26-. The van der Waals surface area contributed by atoms with Crippen LogP contribution in [0.4, 0.5) is 0 Å². The molecule has 0 aliphatic carbocycles. The quantitative estimate of drug-likeness (QED) is 0.0267. The van der Waals surface area contributed by atoms with Gasteiger partial charge in [0.25, 0.3) is 0 Å². The summed E-state index contributed by atoms with van der Waals surface area (Å²) in [7, 11) is 0. The average Bonchev–Trinajstić information content (AvgIpc) is 3.33. The molecule has 6 atom stereocenters. The summed E-state index contributed by atoms with van der Waals surface area (Å²) in [6.45, 7) is 4.44. The van der Waals surface area contributed by atoms with Crippen LogP contribution in [0.1, 0.15) is 226 Å². The third kappa shape index (κ3) is 39.1. The average molecular weight is 943 g/mol. The minimum Gasteiger partial charge on any atom is -0.457 e. The molecule has 0 saturated carbocycles. The van der Waals surface area contributed by atoms with Crippen LogP contribution in [0, 0.1) is 0 Å². The minimum absolute atomic E-state index is 0.119. The van der Waals surface area contributed by atoms with Crippen molar-refractivity contribution in [2.45, 2.75) is 263 Å². The van der Waals surface area contributed by atoms with E-state index in [2.05, 4.69) is 86.8 Å². The summed E-state index contributed by atoms with van der Waals surface area (Å²) in [5.41, 5.74) is 0. The van der Waals surface area contributed by atoms with Gasteiger partial charge in [0, 0.05) is 13.0 Å². The Labute approximate surface area is 410 Å². The summed E-state index contributed by atoms with van der Waals surface area (Å²) in [5, 5.41) is 40.3. The molecule has 1 rings (SSSR count). The normalized spacial score (nSPS) is 19.8. The number of allylic oxidation sites excluding steroid dienone is 12. The van der Waals surface area contributed by atoms with Crippen molar-refractivity contribution in [3.05, 3.63) is 72.9 Å². The molecule has 1 saturated heterocycles. The van der Waals surface area contributed by atoms with Crippen molar-refractivity contribution in [2.24, 2.45) is 0 Å². The monoisotopic (exact) mass is 943 g/mol. The summed E-state index contributed by atoms with van der Waals surface area (Å²) in [4.78, 5) is 12.9. The van der Waals surface area contributed by atoms with E-state index in [0.717, 1.165) is 64.2 Å². The Morgan fingerprint density at radius 1 is 0.493 bits per heavy atom. The van der Waals surface area contributed by atoms with E-state index in [1.54, 1.807) is 0 Å². The Bertz CT molecular complexity index is 1260. The molecule has 9 nitrogen and oxygen atoms in total. The number of rotatable bonds is 47. The van der Waals surface area contributed by atoms with Gasteiger partial charge >= 0.3 is 5.97 Å². The first-order valence-corrected chi connectivity index (χ1v) is 27.5. The van der Waals surface area contributed by atoms with E-state index in [0.29, 0.717) is 13.0 Å². The summed E-state index contributed by atoms with van der Waals surface area (Å²) in [6, 6.07) is 0. The number of carbonyl (C=O) groups is 1. The molecule has 67 heavy (non-hydrogen) atoms. The zero-order valence-corrected chi connectivity index (χ0v) is 42.9. The SMILES string of the molecule is CC/C=C\C/C=C\C/C=C\C/C=C\C/C=C\CCCCCCCCCCCCOCC(COC1OC(CO)C(O)C(O)C1O)OC(=O)CCCCCCCCC/C=C\CCCCCCCCC. The highest BCUT2D eigenvalue weighted by Crippen LogP contribution is 2.23. The topological polar surface area (TPSA) is 135 Å². The molecule has 0 amide bonds. The van der Waals surface area contributed by atoms with Crippen molar-refractivity contribution < 1.29 is 44.2 Å². The van der Waals surface area contributed by atoms with E-state index in [-0.39, 0.29) is 19.2 Å². The zero-order chi connectivity index (χ0) is 48.5. The first kappa shape index (κ1) is 62.6. The second-order valence-corrected chi connectivity index (χ2v) is 18.6. The Balaban J connectivity index is 2.18. The maximum atomic E-state index is 12.9. The maximum Gasteiger partial charge on any atom is 0.306 e. The molecule has 388 valence electrons. The molecule has 0 aromatic carbocycles. The van der Waals surface area contributed by atoms with Crippen molar-refractivity contribution in [1.82, 2.24) is 0 Å². The van der Waals surface area contributed by atoms with Gasteiger partial charge in [-0.05, 0) is 83.5 Å². The summed E-state index contributed by atoms with van der Waals surface area (Å²) in [6.07, 6.45) is 57.9. The second-order valence-electron chi connectivity index (χ2n) is 18.6. The van der Waals surface area contributed by atoms with Gasteiger partial charge in [0.05, 0.1) is 19.8 Å². The minimum atomic E-state index is -1.54. The summed E-state index contributed by atoms with van der Waals surface area (Å²) >= 11 is 0. The van der Waals surface area contributed by atoms with Crippen LogP contribution in [-0.2, 0) is 23.7 Å². The van der Waals surface area contributed by atoms with Crippen LogP contribution in [0.5, 0.6) is 0 Å². The van der Waals surface area contributed by atoms with Gasteiger partial charge in [-0.1, -0.05) is 209 Å². The van der Waals surface area contributed by atoms with Crippen LogP contribution in [0.2, 0.25) is 0 Å². The van der Waals surface area contributed by atoms with Crippen LogP contribution in [-0.4, -0.2) is 89.6 Å². The first-order chi connectivity index (χ1) is 32.9. The van der Waals surface area contributed by atoms with Crippen LogP contribution in [0.15, 0.2) is 72.9 Å². The Kier molecular flexibility index (Phi) is 45.5. The van der Waals surface area contributed by atoms with Gasteiger partial charge in [0.1, 0.15) is 30.5 Å². The fraction of sp³-hybridized carbons (Fsp3) is 0.776. The third-order valence-corrected chi connectivity index (χ3v) is 12.4. The summed E-state index contributed by atoms with van der Waals surface area (Å²) < 4.78 is 22.9. The molecule has 0 spiro atoms. The number of aliphatic hydroxyl groups is 4. The van der Waals surface area contributed by atoms with Crippen LogP contribution in [0.3, 0.4) is 0 Å². The van der Waals surface area contributed by atoms with Crippen molar-refractivity contribution >= 4 is 5.97 Å². The smallest absolute Gasteiger partial charge is 0.306 e. The van der Waals surface area contributed by atoms with Crippen molar-refractivity contribution in [1.29, 1.82) is 0 Å². The lowest BCUT2D eigenvalue weighted by Gasteiger charge is -2.39. The Hall–Kier alpha value is -2.37. The lowest BCUT2D eigenvalue weighted by Crippen LogP contribution is -2.59. The van der Waals surface area contributed by atoms with E-state index in [4.69, 9.17) is 18.9 Å². The number of hydrogen-bond donors (Lipinski definition) is 4. The van der Waals surface area contributed by atoms with E-state index in [1.807, 2.05) is 0 Å². The van der Waals surface area contributed by atoms with Gasteiger partial charge in [-0.25, -0.2) is 0 Å². The van der Waals surface area contributed by atoms with E-state index >= 15 is 0 Å². The number of unbranched alkanes of at least 4 members (excludes halogenated alkanes) is 24.